The van der Waals surface area contributed by atoms with E-state index < -0.39 is 47.8 Å². The summed E-state index contributed by atoms with van der Waals surface area (Å²) >= 11 is 0. The molecule has 1 fully saturated rings. The van der Waals surface area contributed by atoms with Crippen molar-refractivity contribution in [2.75, 3.05) is 6.54 Å². The average molecular weight is 608 g/mol. The molecule has 44 heavy (non-hydrogen) atoms. The van der Waals surface area contributed by atoms with Crippen LogP contribution >= 0.6 is 0 Å². The molecule has 0 spiro atoms. The zero-order chi connectivity index (χ0) is 33.0. The van der Waals surface area contributed by atoms with E-state index >= 15 is 0 Å². The molecule has 1 aromatic heterocycles. The summed E-state index contributed by atoms with van der Waals surface area (Å²) in [6, 6.07) is 7.07. The number of primary amides is 1. The number of allylic oxidation sites excluding steroid dienone is 2. The SMILES string of the molecule is C/C=C/C(C)C(C)C(=O)OC(C(=O)NC(C)C(=O)N1CCCC(C(N)=O)N1)C(C)C.C=Cc1cc2cc(CC)ccc2cn1. The molecule has 10 heteroatoms. The first-order valence-electron chi connectivity index (χ1n) is 15.3. The molecule has 0 saturated carbocycles. The Kier molecular flexibility index (Phi) is 14.2. The minimum absolute atomic E-state index is 0.0257. The monoisotopic (exact) mass is 607 g/mol. The third kappa shape index (κ3) is 10.3. The number of esters is 1. The third-order valence-electron chi connectivity index (χ3n) is 7.71. The normalized spacial score (nSPS) is 17.6. The van der Waals surface area contributed by atoms with Crippen LogP contribution in [0.25, 0.3) is 16.8 Å². The summed E-state index contributed by atoms with van der Waals surface area (Å²) < 4.78 is 5.49. The Morgan fingerprint density at radius 2 is 1.86 bits per heavy atom. The van der Waals surface area contributed by atoms with E-state index in [0.717, 1.165) is 12.1 Å². The Balaban J connectivity index is 0.000000396. The van der Waals surface area contributed by atoms with Crippen molar-refractivity contribution in [2.45, 2.75) is 85.9 Å². The van der Waals surface area contributed by atoms with Gasteiger partial charge in [0.25, 0.3) is 11.8 Å². The molecule has 0 aliphatic carbocycles. The average Bonchev–Trinajstić information content (AvgIpc) is 3.02. The molecular formula is C34H49N5O5. The molecular weight excluding hydrogens is 558 g/mol. The van der Waals surface area contributed by atoms with E-state index in [4.69, 9.17) is 10.5 Å². The standard InChI is InChI=1S/C21H36N4O5.C13H13N/c1-7-9-13(4)14(5)21(29)30-17(12(2)3)19(27)23-15(6)20(28)25-11-8-10-16(24-25)18(22)26;1-3-10-5-6-11-9-14-13(4-2)8-12(11)7-10/h7,9,12-17,24H,8,10-11H2,1-6H3,(H2,22,26)(H,23,27);4-9H,2-3H2,1H3/b9-7+;. The summed E-state index contributed by atoms with van der Waals surface area (Å²) in [5.41, 5.74) is 10.4. The topological polar surface area (TPSA) is 144 Å². The van der Waals surface area contributed by atoms with Crippen LogP contribution in [0.2, 0.25) is 0 Å². The Bertz CT molecular complexity index is 1340. The fraction of sp³-hybridized carbons (Fsp3) is 0.500. The summed E-state index contributed by atoms with van der Waals surface area (Å²) in [7, 11) is 0. The number of aromatic nitrogens is 1. The molecule has 0 radical (unpaired) electrons. The lowest BCUT2D eigenvalue weighted by atomic mass is 9.95. The van der Waals surface area contributed by atoms with Crippen molar-refractivity contribution in [2.24, 2.45) is 23.5 Å². The van der Waals surface area contributed by atoms with Crippen molar-refractivity contribution >= 4 is 40.5 Å². The zero-order valence-corrected chi connectivity index (χ0v) is 27.1. The van der Waals surface area contributed by atoms with Gasteiger partial charge in [0.1, 0.15) is 12.1 Å². The summed E-state index contributed by atoms with van der Waals surface area (Å²) in [6.45, 7) is 16.9. The van der Waals surface area contributed by atoms with Gasteiger partial charge in [-0.1, -0.05) is 71.5 Å². The lowest BCUT2D eigenvalue weighted by molar-refractivity contribution is -0.163. The highest BCUT2D eigenvalue weighted by atomic mass is 16.5. The maximum Gasteiger partial charge on any atom is 0.310 e. The van der Waals surface area contributed by atoms with Crippen LogP contribution in [0.1, 0.15) is 72.6 Å². The van der Waals surface area contributed by atoms with Crippen LogP contribution in [0.5, 0.6) is 0 Å². The number of nitrogens with two attached hydrogens (primary N) is 1. The minimum atomic E-state index is -1.01. The third-order valence-corrected chi connectivity index (χ3v) is 7.71. The first-order chi connectivity index (χ1) is 20.8. The molecule has 3 amide bonds. The molecule has 5 unspecified atom stereocenters. The van der Waals surface area contributed by atoms with Gasteiger partial charge in [-0.15, -0.1) is 0 Å². The van der Waals surface area contributed by atoms with Crippen LogP contribution in [-0.4, -0.2) is 58.4 Å². The van der Waals surface area contributed by atoms with Crippen LogP contribution in [0.4, 0.5) is 0 Å². The van der Waals surface area contributed by atoms with Crippen molar-refractivity contribution in [1.29, 1.82) is 0 Å². The van der Waals surface area contributed by atoms with Crippen LogP contribution in [0.3, 0.4) is 0 Å². The number of aryl methyl sites for hydroxylation is 1. The Morgan fingerprint density at radius 1 is 1.16 bits per heavy atom. The van der Waals surface area contributed by atoms with Crippen molar-refractivity contribution in [3.05, 3.63) is 60.5 Å². The number of hydrogen-bond donors (Lipinski definition) is 3. The molecule has 240 valence electrons. The number of ether oxygens (including phenoxy) is 1. The second-order valence-corrected chi connectivity index (χ2v) is 11.6. The number of pyridine rings is 1. The molecule has 4 N–H and O–H groups in total. The number of amides is 3. The van der Waals surface area contributed by atoms with E-state index in [1.807, 2.05) is 32.2 Å². The maximum atomic E-state index is 12.7. The van der Waals surface area contributed by atoms with E-state index in [1.165, 1.54) is 21.3 Å². The van der Waals surface area contributed by atoms with Crippen LogP contribution in [0, 0.1) is 17.8 Å². The van der Waals surface area contributed by atoms with Crippen LogP contribution in [-0.2, 0) is 30.3 Å². The molecule has 3 rings (SSSR count). The summed E-state index contributed by atoms with van der Waals surface area (Å²) in [6.07, 6.45) is 8.68. The molecule has 5 atom stereocenters. The van der Waals surface area contributed by atoms with Gasteiger partial charge in [-0.2, -0.15) is 0 Å². The van der Waals surface area contributed by atoms with E-state index in [2.05, 4.69) is 53.5 Å². The molecule has 2 heterocycles. The van der Waals surface area contributed by atoms with Gasteiger partial charge >= 0.3 is 5.97 Å². The highest BCUT2D eigenvalue weighted by molar-refractivity contribution is 5.90. The number of benzene rings is 1. The molecule has 1 aliphatic heterocycles. The Hall–Kier alpha value is -4.05. The summed E-state index contributed by atoms with van der Waals surface area (Å²) in [5.74, 6) is -2.62. The molecule has 0 bridgehead atoms. The predicted molar refractivity (Wildman–Crippen MR) is 174 cm³/mol. The highest BCUT2D eigenvalue weighted by Gasteiger charge is 2.34. The fourth-order valence-electron chi connectivity index (χ4n) is 4.69. The minimum Gasteiger partial charge on any atom is -0.452 e. The molecule has 10 nitrogen and oxygen atoms in total. The van der Waals surface area contributed by atoms with E-state index in [-0.39, 0.29) is 11.8 Å². The van der Waals surface area contributed by atoms with Gasteiger partial charge in [0, 0.05) is 18.1 Å². The number of hydrazine groups is 1. The van der Waals surface area contributed by atoms with E-state index in [1.54, 1.807) is 33.8 Å². The number of nitrogens with zero attached hydrogens (tertiary/aromatic N) is 2. The van der Waals surface area contributed by atoms with E-state index in [0.29, 0.717) is 19.4 Å². The first-order valence-corrected chi connectivity index (χ1v) is 15.3. The van der Waals surface area contributed by atoms with Crippen molar-refractivity contribution < 1.29 is 23.9 Å². The molecule has 1 aromatic carbocycles. The number of nitrogens with one attached hydrogen (secondary N) is 2. The van der Waals surface area contributed by atoms with Gasteiger partial charge in [0.2, 0.25) is 5.91 Å². The van der Waals surface area contributed by atoms with Crippen LogP contribution in [0.15, 0.2) is 49.2 Å². The second-order valence-electron chi connectivity index (χ2n) is 11.6. The Labute approximate surface area is 261 Å². The highest BCUT2D eigenvalue weighted by Crippen LogP contribution is 2.19. The zero-order valence-electron chi connectivity index (χ0n) is 27.1. The predicted octanol–water partition coefficient (Wildman–Crippen LogP) is 4.33. The van der Waals surface area contributed by atoms with Crippen LogP contribution < -0.4 is 16.5 Å². The van der Waals surface area contributed by atoms with Crippen molar-refractivity contribution in [1.82, 2.24) is 20.7 Å². The van der Waals surface area contributed by atoms with Gasteiger partial charge in [-0.05, 0) is 68.0 Å². The van der Waals surface area contributed by atoms with Crippen molar-refractivity contribution in [3.8, 4) is 0 Å². The largest absolute Gasteiger partial charge is 0.452 e. The lowest BCUT2D eigenvalue weighted by Gasteiger charge is -2.34. The van der Waals surface area contributed by atoms with Gasteiger partial charge < -0.3 is 15.8 Å². The number of carbonyl (C=O) groups excluding carboxylic acids is 4. The summed E-state index contributed by atoms with van der Waals surface area (Å²) in [4.78, 5) is 53.5. The summed E-state index contributed by atoms with van der Waals surface area (Å²) in [5, 5.41) is 6.36. The van der Waals surface area contributed by atoms with Gasteiger partial charge in [-0.25, -0.2) is 5.43 Å². The Morgan fingerprint density at radius 3 is 2.45 bits per heavy atom. The number of hydrogen-bond acceptors (Lipinski definition) is 7. The molecule has 1 aliphatic rings. The number of fused-ring (bicyclic) bond motifs is 1. The fourth-order valence-corrected chi connectivity index (χ4v) is 4.69. The first kappa shape index (κ1) is 36.1. The second kappa shape index (κ2) is 17.3. The van der Waals surface area contributed by atoms with Crippen molar-refractivity contribution in [3.63, 3.8) is 0 Å². The lowest BCUT2D eigenvalue weighted by Crippen LogP contribution is -2.60. The smallest absolute Gasteiger partial charge is 0.310 e. The quantitative estimate of drug-likeness (QED) is 0.255. The molecule has 2 aromatic rings. The van der Waals surface area contributed by atoms with Gasteiger partial charge in [0.05, 0.1) is 11.6 Å². The van der Waals surface area contributed by atoms with Gasteiger partial charge in [0.15, 0.2) is 6.10 Å². The maximum absolute atomic E-state index is 12.7. The number of carbonyl (C=O) groups is 4. The molecule has 1 saturated heterocycles. The van der Waals surface area contributed by atoms with Gasteiger partial charge in [-0.3, -0.25) is 29.2 Å². The number of rotatable bonds is 11. The van der Waals surface area contributed by atoms with E-state index in [9.17, 15) is 19.2 Å².